The number of carbonyl (C=O) groups excluding carboxylic acids is 1. The fourth-order valence-corrected chi connectivity index (χ4v) is 3.36. The summed E-state index contributed by atoms with van der Waals surface area (Å²) in [6, 6.07) is 0. The second-order valence-corrected chi connectivity index (χ2v) is 6.66. The summed E-state index contributed by atoms with van der Waals surface area (Å²) in [6.45, 7) is 6.44. The normalized spacial score (nSPS) is 23.8. The molecule has 0 amide bonds. The number of hydrogen-bond donors (Lipinski definition) is 1. The maximum atomic E-state index is 11.9. The number of carbonyl (C=O) groups is 2. The third-order valence-electron chi connectivity index (χ3n) is 4.71. The van der Waals surface area contributed by atoms with Crippen LogP contribution in [0, 0.1) is 23.7 Å². The van der Waals surface area contributed by atoms with Gasteiger partial charge in [0.2, 0.25) is 0 Å². The minimum Gasteiger partial charge on any atom is -0.481 e. The van der Waals surface area contributed by atoms with Gasteiger partial charge in [-0.05, 0) is 50.4 Å². The van der Waals surface area contributed by atoms with E-state index >= 15 is 0 Å². The van der Waals surface area contributed by atoms with Crippen LogP contribution in [-0.2, 0) is 14.3 Å². The largest absolute Gasteiger partial charge is 0.481 e. The number of ether oxygens (including phenoxy) is 1. The highest BCUT2D eigenvalue weighted by Gasteiger charge is 2.27. The Labute approximate surface area is 128 Å². The first-order valence-electron chi connectivity index (χ1n) is 8.32. The van der Waals surface area contributed by atoms with E-state index in [1.807, 2.05) is 6.92 Å². The van der Waals surface area contributed by atoms with Crippen LogP contribution < -0.4 is 0 Å². The molecule has 0 aromatic rings. The van der Waals surface area contributed by atoms with Gasteiger partial charge in [-0.3, -0.25) is 9.59 Å². The summed E-state index contributed by atoms with van der Waals surface area (Å²) in [5, 5.41) is 8.83. The molecule has 4 heteroatoms. The van der Waals surface area contributed by atoms with Crippen molar-refractivity contribution in [1.29, 1.82) is 0 Å². The number of carboxylic acid groups (broad SMARTS) is 1. The van der Waals surface area contributed by atoms with Crippen molar-refractivity contribution in [3.05, 3.63) is 0 Å². The molecule has 1 fully saturated rings. The highest BCUT2D eigenvalue weighted by Crippen LogP contribution is 2.34. The summed E-state index contributed by atoms with van der Waals surface area (Å²) in [4.78, 5) is 22.7. The molecule has 1 saturated carbocycles. The maximum absolute atomic E-state index is 11.9. The predicted octanol–water partition coefficient (Wildman–Crippen LogP) is 3.88. The van der Waals surface area contributed by atoms with E-state index in [1.165, 1.54) is 0 Å². The molecule has 0 heterocycles. The molecule has 4 nitrogen and oxygen atoms in total. The van der Waals surface area contributed by atoms with Gasteiger partial charge in [-0.1, -0.05) is 26.7 Å². The molecule has 1 N–H and O–H groups in total. The monoisotopic (exact) mass is 298 g/mol. The molecule has 1 aliphatic carbocycles. The van der Waals surface area contributed by atoms with Crippen LogP contribution in [-0.4, -0.2) is 23.7 Å². The lowest BCUT2D eigenvalue weighted by Crippen LogP contribution is -2.24. The smallest absolute Gasteiger partial charge is 0.309 e. The highest BCUT2D eigenvalue weighted by atomic mass is 16.5. The average Bonchev–Trinajstić information content (AvgIpc) is 2.40. The van der Waals surface area contributed by atoms with Gasteiger partial charge in [0.15, 0.2) is 0 Å². The third kappa shape index (κ3) is 6.49. The molecule has 0 spiro atoms. The first kappa shape index (κ1) is 18.0. The van der Waals surface area contributed by atoms with E-state index in [1.54, 1.807) is 0 Å². The third-order valence-corrected chi connectivity index (χ3v) is 4.71. The van der Waals surface area contributed by atoms with Crippen LogP contribution in [0.4, 0.5) is 0 Å². The predicted molar refractivity (Wildman–Crippen MR) is 81.9 cm³/mol. The summed E-state index contributed by atoms with van der Waals surface area (Å²) in [5.74, 6) is 0.567. The topological polar surface area (TPSA) is 63.6 Å². The lowest BCUT2D eigenvalue weighted by Gasteiger charge is -2.29. The Morgan fingerprint density at radius 3 is 2.19 bits per heavy atom. The van der Waals surface area contributed by atoms with Crippen LogP contribution >= 0.6 is 0 Å². The molecule has 122 valence electrons. The van der Waals surface area contributed by atoms with E-state index in [-0.39, 0.29) is 11.9 Å². The van der Waals surface area contributed by atoms with Crippen molar-refractivity contribution in [1.82, 2.24) is 0 Å². The molecular weight excluding hydrogens is 268 g/mol. The number of aliphatic carboxylic acids is 1. The van der Waals surface area contributed by atoms with Crippen molar-refractivity contribution in [3.63, 3.8) is 0 Å². The summed E-state index contributed by atoms with van der Waals surface area (Å²) in [5.41, 5.74) is 0. The first-order chi connectivity index (χ1) is 9.93. The summed E-state index contributed by atoms with van der Waals surface area (Å²) in [7, 11) is 0. The van der Waals surface area contributed by atoms with Crippen molar-refractivity contribution >= 4 is 11.9 Å². The van der Waals surface area contributed by atoms with Gasteiger partial charge >= 0.3 is 11.9 Å². The summed E-state index contributed by atoms with van der Waals surface area (Å²) >= 11 is 0. The van der Waals surface area contributed by atoms with Crippen molar-refractivity contribution in [2.45, 2.75) is 65.7 Å². The van der Waals surface area contributed by atoms with Crippen molar-refractivity contribution in [3.8, 4) is 0 Å². The minimum absolute atomic E-state index is 0.00157. The lowest BCUT2D eigenvalue weighted by molar-refractivity contribution is -0.150. The van der Waals surface area contributed by atoms with E-state index in [9.17, 15) is 9.59 Å². The number of carboxylic acids is 1. The van der Waals surface area contributed by atoms with Crippen molar-refractivity contribution in [2.75, 3.05) is 6.61 Å². The van der Waals surface area contributed by atoms with Gasteiger partial charge in [0.1, 0.15) is 0 Å². The number of rotatable bonds is 8. The van der Waals surface area contributed by atoms with E-state index in [0.29, 0.717) is 30.8 Å². The van der Waals surface area contributed by atoms with E-state index in [2.05, 4.69) is 13.8 Å². The molecule has 0 radical (unpaired) electrons. The van der Waals surface area contributed by atoms with Gasteiger partial charge in [-0.15, -0.1) is 0 Å². The molecular formula is C17H30O4. The van der Waals surface area contributed by atoms with Crippen LogP contribution in [0.25, 0.3) is 0 Å². The molecule has 0 aromatic carbocycles. The Morgan fingerprint density at radius 2 is 1.71 bits per heavy atom. The number of esters is 1. The van der Waals surface area contributed by atoms with Crippen LogP contribution in [0.1, 0.15) is 65.7 Å². The Balaban J connectivity index is 2.34. The second kappa shape index (κ2) is 9.06. The molecule has 0 saturated heterocycles. The fourth-order valence-electron chi connectivity index (χ4n) is 3.36. The SMILES string of the molecule is CCOC(=O)[C@@H](CCC1CCC(CC(=O)O)CC1)C(C)C. The van der Waals surface area contributed by atoms with E-state index < -0.39 is 5.97 Å². The molecule has 0 bridgehead atoms. The zero-order valence-corrected chi connectivity index (χ0v) is 13.6. The van der Waals surface area contributed by atoms with Crippen LogP contribution in [0.3, 0.4) is 0 Å². The summed E-state index contributed by atoms with van der Waals surface area (Å²) in [6.07, 6.45) is 6.50. The molecule has 0 unspecified atom stereocenters. The Morgan fingerprint density at radius 1 is 1.14 bits per heavy atom. The van der Waals surface area contributed by atoms with Gasteiger partial charge < -0.3 is 9.84 Å². The molecule has 0 aromatic heterocycles. The van der Waals surface area contributed by atoms with Crippen LogP contribution in [0.15, 0.2) is 0 Å². The van der Waals surface area contributed by atoms with Gasteiger partial charge in [0.05, 0.1) is 12.5 Å². The maximum Gasteiger partial charge on any atom is 0.309 e. The Bertz CT molecular complexity index is 330. The molecule has 1 aliphatic rings. The van der Waals surface area contributed by atoms with Crippen LogP contribution in [0.5, 0.6) is 0 Å². The Hall–Kier alpha value is -1.06. The zero-order valence-electron chi connectivity index (χ0n) is 13.6. The Kier molecular flexibility index (Phi) is 7.76. The quantitative estimate of drug-likeness (QED) is 0.691. The van der Waals surface area contributed by atoms with Crippen molar-refractivity contribution in [2.24, 2.45) is 23.7 Å². The van der Waals surface area contributed by atoms with Gasteiger partial charge in [-0.2, -0.15) is 0 Å². The van der Waals surface area contributed by atoms with Crippen LogP contribution in [0.2, 0.25) is 0 Å². The van der Waals surface area contributed by atoms with Gasteiger partial charge in [-0.25, -0.2) is 0 Å². The molecule has 21 heavy (non-hydrogen) atoms. The minimum atomic E-state index is -0.680. The fraction of sp³-hybridized carbons (Fsp3) is 0.882. The van der Waals surface area contributed by atoms with Gasteiger partial charge in [0.25, 0.3) is 0 Å². The molecule has 1 atom stereocenters. The van der Waals surface area contributed by atoms with Gasteiger partial charge in [0, 0.05) is 6.42 Å². The highest BCUT2D eigenvalue weighted by molar-refractivity contribution is 5.72. The first-order valence-corrected chi connectivity index (χ1v) is 8.32. The standard InChI is InChI=1S/C17H30O4/c1-4-21-17(20)15(12(2)3)10-9-13-5-7-14(8-6-13)11-16(18)19/h12-15H,4-11H2,1-3H3,(H,18,19)/t13?,14?,15-/m0/s1. The van der Waals surface area contributed by atoms with Crippen molar-refractivity contribution < 1.29 is 19.4 Å². The number of hydrogen-bond acceptors (Lipinski definition) is 3. The average molecular weight is 298 g/mol. The lowest BCUT2D eigenvalue weighted by atomic mass is 9.77. The summed E-state index contributed by atoms with van der Waals surface area (Å²) < 4.78 is 5.16. The van der Waals surface area contributed by atoms with E-state index in [0.717, 1.165) is 38.5 Å². The van der Waals surface area contributed by atoms with E-state index in [4.69, 9.17) is 9.84 Å². The molecule has 0 aliphatic heterocycles. The zero-order chi connectivity index (χ0) is 15.8. The second-order valence-electron chi connectivity index (χ2n) is 6.66. The molecule has 1 rings (SSSR count).